The van der Waals surface area contributed by atoms with Crippen molar-refractivity contribution in [2.45, 2.75) is 26.9 Å². The van der Waals surface area contributed by atoms with Crippen molar-refractivity contribution in [2.24, 2.45) is 0 Å². The Morgan fingerprint density at radius 1 is 0.944 bits per heavy atom. The van der Waals surface area contributed by atoms with Crippen LogP contribution in [0.25, 0.3) is 0 Å². The van der Waals surface area contributed by atoms with E-state index in [9.17, 15) is 5.11 Å². The lowest BCUT2D eigenvalue weighted by Crippen LogP contribution is -2.04. The molecule has 94 valence electrons. The third-order valence-electron chi connectivity index (χ3n) is 3.40. The molecular weight excluding hydrogens is 222 g/mol. The van der Waals surface area contributed by atoms with Crippen LogP contribution in [0.3, 0.4) is 0 Å². The zero-order valence-corrected chi connectivity index (χ0v) is 11.1. The van der Waals surface area contributed by atoms with Gasteiger partial charge in [0, 0.05) is 5.69 Å². The Kier molecular flexibility index (Phi) is 3.39. The summed E-state index contributed by atoms with van der Waals surface area (Å²) in [6.45, 7) is 6.17. The maximum atomic E-state index is 10.5. The fourth-order valence-corrected chi connectivity index (χ4v) is 2.19. The quantitative estimate of drug-likeness (QED) is 0.793. The molecule has 0 aliphatic rings. The molecule has 2 aromatic rings. The fourth-order valence-electron chi connectivity index (χ4n) is 2.19. The normalized spacial score (nSPS) is 12.4. The highest BCUT2D eigenvalue weighted by atomic mass is 16.3. The lowest BCUT2D eigenvalue weighted by Gasteiger charge is -2.16. The maximum Gasteiger partial charge on any atom is 0.104 e. The number of aryl methyl sites for hydroxylation is 3. The van der Waals surface area contributed by atoms with Crippen molar-refractivity contribution in [2.75, 3.05) is 5.73 Å². The van der Waals surface area contributed by atoms with Gasteiger partial charge in [0.2, 0.25) is 0 Å². The van der Waals surface area contributed by atoms with Gasteiger partial charge in [-0.05, 0) is 60.7 Å². The second kappa shape index (κ2) is 4.83. The number of benzene rings is 2. The minimum Gasteiger partial charge on any atom is -0.399 e. The molecule has 0 saturated carbocycles. The molecule has 0 aromatic heterocycles. The van der Waals surface area contributed by atoms with E-state index >= 15 is 0 Å². The summed E-state index contributed by atoms with van der Waals surface area (Å²) < 4.78 is 0. The zero-order chi connectivity index (χ0) is 13.3. The number of aliphatic hydroxyl groups is 1. The van der Waals surface area contributed by atoms with E-state index in [0.29, 0.717) is 5.69 Å². The van der Waals surface area contributed by atoms with E-state index in [1.807, 2.05) is 31.2 Å². The molecule has 2 heteroatoms. The molecular formula is C16H19NO. The Balaban J connectivity index is 2.46. The molecule has 0 aliphatic heterocycles. The van der Waals surface area contributed by atoms with Gasteiger partial charge in [-0.15, -0.1) is 0 Å². The van der Waals surface area contributed by atoms with Crippen LogP contribution in [0.2, 0.25) is 0 Å². The van der Waals surface area contributed by atoms with Gasteiger partial charge in [0.25, 0.3) is 0 Å². The molecule has 1 unspecified atom stereocenters. The second-order valence-corrected chi connectivity index (χ2v) is 4.87. The van der Waals surface area contributed by atoms with Gasteiger partial charge < -0.3 is 10.8 Å². The van der Waals surface area contributed by atoms with Crippen LogP contribution in [0.5, 0.6) is 0 Å². The smallest absolute Gasteiger partial charge is 0.104 e. The van der Waals surface area contributed by atoms with Crippen molar-refractivity contribution in [3.8, 4) is 0 Å². The highest BCUT2D eigenvalue weighted by molar-refractivity contribution is 5.46. The molecule has 2 aromatic carbocycles. The number of anilines is 1. The average Bonchev–Trinajstić information content (AvgIpc) is 2.33. The van der Waals surface area contributed by atoms with Gasteiger partial charge >= 0.3 is 0 Å². The summed E-state index contributed by atoms with van der Waals surface area (Å²) in [7, 11) is 0. The van der Waals surface area contributed by atoms with E-state index in [0.717, 1.165) is 16.7 Å². The lowest BCUT2D eigenvalue weighted by atomic mass is 9.93. The molecule has 0 fully saturated rings. The van der Waals surface area contributed by atoms with E-state index in [1.54, 1.807) is 0 Å². The Bertz CT molecular complexity index is 575. The number of nitrogens with two attached hydrogens (primary N) is 1. The molecule has 1 atom stereocenters. The van der Waals surface area contributed by atoms with E-state index in [-0.39, 0.29) is 0 Å². The summed E-state index contributed by atoms with van der Waals surface area (Å²) >= 11 is 0. The predicted octanol–water partition coefficient (Wildman–Crippen LogP) is 3.28. The fraction of sp³-hybridized carbons (Fsp3) is 0.250. The molecule has 0 bridgehead atoms. The number of hydrogen-bond donors (Lipinski definition) is 2. The van der Waals surface area contributed by atoms with Crippen molar-refractivity contribution >= 4 is 5.69 Å². The van der Waals surface area contributed by atoms with Crippen molar-refractivity contribution in [3.63, 3.8) is 0 Å². The molecule has 2 nitrogen and oxygen atoms in total. The van der Waals surface area contributed by atoms with Crippen molar-refractivity contribution < 1.29 is 5.11 Å². The molecule has 0 amide bonds. The summed E-state index contributed by atoms with van der Waals surface area (Å²) in [6, 6.07) is 11.6. The van der Waals surface area contributed by atoms with Crippen LogP contribution in [0.1, 0.15) is 33.9 Å². The molecule has 18 heavy (non-hydrogen) atoms. The summed E-state index contributed by atoms with van der Waals surface area (Å²) in [5.74, 6) is 0. The average molecular weight is 241 g/mol. The van der Waals surface area contributed by atoms with Crippen LogP contribution in [0.15, 0.2) is 36.4 Å². The topological polar surface area (TPSA) is 46.2 Å². The van der Waals surface area contributed by atoms with E-state index < -0.39 is 6.10 Å². The minimum absolute atomic E-state index is 0.618. The van der Waals surface area contributed by atoms with Gasteiger partial charge in [0.1, 0.15) is 6.10 Å². The summed E-state index contributed by atoms with van der Waals surface area (Å²) in [6.07, 6.45) is -0.618. The van der Waals surface area contributed by atoms with Crippen LogP contribution in [0, 0.1) is 20.8 Å². The molecule has 0 spiro atoms. The molecule has 0 heterocycles. The third-order valence-corrected chi connectivity index (χ3v) is 3.40. The predicted molar refractivity (Wildman–Crippen MR) is 75.6 cm³/mol. The zero-order valence-electron chi connectivity index (χ0n) is 11.1. The first-order valence-corrected chi connectivity index (χ1v) is 6.10. The van der Waals surface area contributed by atoms with Crippen LogP contribution < -0.4 is 5.73 Å². The molecule has 2 rings (SSSR count). The summed E-state index contributed by atoms with van der Waals surface area (Å²) in [5.41, 5.74) is 11.8. The van der Waals surface area contributed by atoms with Gasteiger partial charge in [-0.25, -0.2) is 0 Å². The van der Waals surface area contributed by atoms with Gasteiger partial charge in [0.05, 0.1) is 0 Å². The standard InChI is InChI=1S/C16H19NO/c1-10-7-12(3)15(8-11(10)2)16(18)13-5-4-6-14(17)9-13/h4-9,16,18H,17H2,1-3H3. The number of nitrogen functional groups attached to an aromatic ring is 1. The minimum atomic E-state index is -0.618. The van der Waals surface area contributed by atoms with Crippen molar-refractivity contribution in [3.05, 3.63) is 64.2 Å². The number of hydrogen-bond acceptors (Lipinski definition) is 2. The molecule has 0 saturated heterocycles. The Labute approximate surface area is 108 Å². The van der Waals surface area contributed by atoms with E-state index in [1.165, 1.54) is 11.1 Å². The van der Waals surface area contributed by atoms with Crippen LogP contribution in [-0.2, 0) is 0 Å². The molecule has 0 aliphatic carbocycles. The Morgan fingerprint density at radius 3 is 2.28 bits per heavy atom. The maximum absolute atomic E-state index is 10.5. The lowest BCUT2D eigenvalue weighted by molar-refractivity contribution is 0.219. The number of rotatable bonds is 2. The van der Waals surface area contributed by atoms with Crippen LogP contribution in [-0.4, -0.2) is 5.11 Å². The summed E-state index contributed by atoms with van der Waals surface area (Å²) in [5, 5.41) is 10.5. The van der Waals surface area contributed by atoms with Crippen LogP contribution in [0.4, 0.5) is 5.69 Å². The summed E-state index contributed by atoms with van der Waals surface area (Å²) in [4.78, 5) is 0. The largest absolute Gasteiger partial charge is 0.399 e. The van der Waals surface area contributed by atoms with Crippen molar-refractivity contribution in [1.82, 2.24) is 0 Å². The number of aliphatic hydroxyl groups excluding tert-OH is 1. The first-order chi connectivity index (χ1) is 8.49. The molecule has 0 radical (unpaired) electrons. The van der Waals surface area contributed by atoms with Crippen molar-refractivity contribution in [1.29, 1.82) is 0 Å². The first kappa shape index (κ1) is 12.7. The highest BCUT2D eigenvalue weighted by Crippen LogP contribution is 2.27. The van der Waals surface area contributed by atoms with Gasteiger partial charge in [-0.3, -0.25) is 0 Å². The Hall–Kier alpha value is -1.80. The SMILES string of the molecule is Cc1cc(C)c(C(O)c2cccc(N)c2)cc1C. The van der Waals surface area contributed by atoms with E-state index in [4.69, 9.17) is 5.73 Å². The van der Waals surface area contributed by atoms with Gasteiger partial charge in [0.15, 0.2) is 0 Å². The van der Waals surface area contributed by atoms with E-state index in [2.05, 4.69) is 26.0 Å². The highest BCUT2D eigenvalue weighted by Gasteiger charge is 2.14. The second-order valence-electron chi connectivity index (χ2n) is 4.87. The third kappa shape index (κ3) is 2.39. The Morgan fingerprint density at radius 2 is 1.61 bits per heavy atom. The van der Waals surface area contributed by atoms with Crippen LogP contribution >= 0.6 is 0 Å². The molecule has 3 N–H and O–H groups in total. The monoisotopic (exact) mass is 241 g/mol. The van der Waals surface area contributed by atoms with Gasteiger partial charge in [-0.1, -0.05) is 24.3 Å². The van der Waals surface area contributed by atoms with Gasteiger partial charge in [-0.2, -0.15) is 0 Å². The first-order valence-electron chi connectivity index (χ1n) is 6.10.